The lowest BCUT2D eigenvalue weighted by atomic mass is 10.1. The van der Waals surface area contributed by atoms with Crippen molar-refractivity contribution in [2.45, 2.75) is 32.7 Å². The summed E-state index contributed by atoms with van der Waals surface area (Å²) < 4.78 is 31.5. The van der Waals surface area contributed by atoms with Crippen LogP contribution in [0.5, 0.6) is 0 Å². The molecule has 0 aliphatic carbocycles. The minimum atomic E-state index is -3.82. The number of hydrogen-bond acceptors (Lipinski definition) is 2. The lowest BCUT2D eigenvalue weighted by molar-refractivity contribution is -0.696. The van der Waals surface area contributed by atoms with Gasteiger partial charge in [0.15, 0.2) is 12.4 Å². The second kappa shape index (κ2) is 5.96. The second-order valence-electron chi connectivity index (χ2n) is 3.83. The molecule has 0 aromatic carbocycles. The van der Waals surface area contributed by atoms with E-state index in [4.69, 9.17) is 4.55 Å². The highest BCUT2D eigenvalue weighted by molar-refractivity contribution is 7.85. The average Bonchev–Trinajstić information content (AvgIpc) is 2.19. The lowest BCUT2D eigenvalue weighted by Gasteiger charge is -1.98. The monoisotopic (exact) mass is 244 g/mol. The number of pyridine rings is 1. The van der Waals surface area contributed by atoms with Crippen molar-refractivity contribution in [3.63, 3.8) is 0 Å². The molecule has 0 saturated heterocycles. The lowest BCUT2D eigenvalue weighted by Crippen LogP contribution is -2.33. The molecule has 1 heterocycles. The zero-order valence-electron chi connectivity index (χ0n) is 9.46. The molecule has 0 fully saturated rings. The molecule has 0 amide bonds. The van der Waals surface area contributed by atoms with Crippen LogP contribution in [0.2, 0.25) is 0 Å². The summed E-state index contributed by atoms with van der Waals surface area (Å²) in [5.41, 5.74) is 1.29. The van der Waals surface area contributed by atoms with Crippen LogP contribution in [0.15, 0.2) is 24.5 Å². The maximum absolute atomic E-state index is 10.5. The summed E-state index contributed by atoms with van der Waals surface area (Å²) in [6, 6.07) is 4.08. The Morgan fingerprint density at radius 3 is 2.44 bits per heavy atom. The molecule has 0 radical (unpaired) electrons. The Balaban J connectivity index is 2.43. The molecule has 5 heteroatoms. The first-order valence-corrected chi connectivity index (χ1v) is 7.05. The zero-order valence-corrected chi connectivity index (χ0v) is 10.3. The maximum Gasteiger partial charge on any atom is 0.265 e. The minimum absolute atomic E-state index is 0.184. The summed E-state index contributed by atoms with van der Waals surface area (Å²) in [5.74, 6) is -0.184. The summed E-state index contributed by atoms with van der Waals surface area (Å²) in [6.45, 7) is 2.74. The third-order valence-corrected chi connectivity index (χ3v) is 3.12. The van der Waals surface area contributed by atoms with Crippen LogP contribution in [-0.4, -0.2) is 18.7 Å². The molecule has 0 aliphatic rings. The fraction of sp³-hybridized carbons (Fsp3) is 0.545. The largest absolute Gasteiger partial charge is 0.286 e. The molecule has 1 aromatic rings. The molecule has 0 bridgehead atoms. The quantitative estimate of drug-likeness (QED) is 0.604. The van der Waals surface area contributed by atoms with E-state index in [0.29, 0.717) is 13.0 Å². The Kier molecular flexibility index (Phi) is 4.89. The molecule has 90 valence electrons. The highest BCUT2D eigenvalue weighted by Crippen LogP contribution is 1.99. The Hall–Kier alpha value is -0.940. The van der Waals surface area contributed by atoms with Crippen LogP contribution >= 0.6 is 0 Å². The van der Waals surface area contributed by atoms with Gasteiger partial charge in [-0.25, -0.2) is 4.57 Å². The van der Waals surface area contributed by atoms with Gasteiger partial charge in [-0.15, -0.1) is 0 Å². The molecule has 1 N–H and O–H groups in total. The molecule has 0 aliphatic heterocycles. The summed E-state index contributed by atoms with van der Waals surface area (Å²) >= 11 is 0. The van der Waals surface area contributed by atoms with Crippen LogP contribution in [0.1, 0.15) is 25.3 Å². The zero-order chi connectivity index (χ0) is 12.0. The maximum atomic E-state index is 10.5. The molecular weight excluding hydrogens is 226 g/mol. The van der Waals surface area contributed by atoms with Gasteiger partial charge in [0.05, 0.1) is 5.75 Å². The summed E-state index contributed by atoms with van der Waals surface area (Å²) in [4.78, 5) is 0. The molecule has 16 heavy (non-hydrogen) atoms. The van der Waals surface area contributed by atoms with Crippen molar-refractivity contribution in [1.82, 2.24) is 0 Å². The summed E-state index contributed by atoms with van der Waals surface area (Å²) in [6.07, 6.45) is 6.49. The smallest absolute Gasteiger partial charge is 0.265 e. The first kappa shape index (κ1) is 13.1. The first-order chi connectivity index (χ1) is 7.51. The van der Waals surface area contributed by atoms with E-state index in [1.54, 1.807) is 0 Å². The van der Waals surface area contributed by atoms with E-state index in [2.05, 4.69) is 6.92 Å². The molecule has 0 unspecified atom stereocenters. The van der Waals surface area contributed by atoms with Crippen molar-refractivity contribution in [3.8, 4) is 0 Å². The van der Waals surface area contributed by atoms with Gasteiger partial charge in [0.2, 0.25) is 0 Å². The standard InChI is InChI=1S/C11H17NO3S/c1-2-4-11-5-8-12(9-6-11)7-3-10-16(13,14)15/h5-6,8-9H,2-4,7,10H2,1H3/p+1. The highest BCUT2D eigenvalue weighted by atomic mass is 32.2. The van der Waals surface area contributed by atoms with Gasteiger partial charge in [-0.3, -0.25) is 4.55 Å². The molecule has 4 nitrogen and oxygen atoms in total. The third kappa shape index (κ3) is 5.23. The van der Waals surface area contributed by atoms with E-state index in [1.807, 2.05) is 29.1 Å². The van der Waals surface area contributed by atoms with E-state index in [1.165, 1.54) is 5.56 Å². The van der Waals surface area contributed by atoms with Crippen LogP contribution in [0, 0.1) is 0 Å². The van der Waals surface area contributed by atoms with Crippen LogP contribution in [0.3, 0.4) is 0 Å². The van der Waals surface area contributed by atoms with Crippen molar-refractivity contribution in [3.05, 3.63) is 30.1 Å². The van der Waals surface area contributed by atoms with Gasteiger partial charge < -0.3 is 0 Å². The second-order valence-corrected chi connectivity index (χ2v) is 5.41. The van der Waals surface area contributed by atoms with E-state index in [0.717, 1.165) is 12.8 Å². The number of hydrogen-bond donors (Lipinski definition) is 1. The molecule has 0 spiro atoms. The van der Waals surface area contributed by atoms with Crippen molar-refractivity contribution in [2.24, 2.45) is 0 Å². The predicted octanol–water partition coefficient (Wildman–Crippen LogP) is 1.20. The van der Waals surface area contributed by atoms with Crippen LogP contribution in [0.4, 0.5) is 0 Å². The van der Waals surface area contributed by atoms with Crippen LogP contribution in [-0.2, 0) is 23.1 Å². The van der Waals surface area contributed by atoms with Gasteiger partial charge in [0.1, 0.15) is 6.54 Å². The Morgan fingerprint density at radius 2 is 1.94 bits per heavy atom. The number of rotatable bonds is 6. The highest BCUT2D eigenvalue weighted by Gasteiger charge is 2.07. The Bertz CT molecular complexity index is 411. The fourth-order valence-corrected chi connectivity index (χ4v) is 2.02. The normalized spacial score (nSPS) is 11.6. The fourth-order valence-electron chi connectivity index (χ4n) is 1.52. The van der Waals surface area contributed by atoms with Crippen LogP contribution in [0.25, 0.3) is 0 Å². The van der Waals surface area contributed by atoms with Gasteiger partial charge in [0, 0.05) is 18.6 Å². The van der Waals surface area contributed by atoms with Crippen molar-refractivity contribution in [2.75, 3.05) is 5.75 Å². The Morgan fingerprint density at radius 1 is 1.31 bits per heavy atom. The number of aromatic nitrogens is 1. The Labute approximate surface area is 96.7 Å². The summed E-state index contributed by atoms with van der Waals surface area (Å²) in [5, 5.41) is 0. The van der Waals surface area contributed by atoms with Crippen molar-refractivity contribution < 1.29 is 17.5 Å². The van der Waals surface area contributed by atoms with E-state index in [9.17, 15) is 8.42 Å². The molecule has 1 aromatic heterocycles. The molecule has 0 saturated carbocycles. The average molecular weight is 244 g/mol. The van der Waals surface area contributed by atoms with Crippen molar-refractivity contribution in [1.29, 1.82) is 0 Å². The molecular formula is C11H18NO3S+. The molecule has 0 atom stereocenters. The number of aryl methyl sites for hydroxylation is 2. The van der Waals surface area contributed by atoms with Gasteiger partial charge in [0.25, 0.3) is 10.1 Å². The van der Waals surface area contributed by atoms with E-state index >= 15 is 0 Å². The predicted molar refractivity (Wildman–Crippen MR) is 61.7 cm³/mol. The van der Waals surface area contributed by atoms with Crippen molar-refractivity contribution >= 4 is 10.1 Å². The van der Waals surface area contributed by atoms with Crippen LogP contribution < -0.4 is 4.57 Å². The van der Waals surface area contributed by atoms with Gasteiger partial charge >= 0.3 is 0 Å². The van der Waals surface area contributed by atoms with Gasteiger partial charge in [-0.1, -0.05) is 13.3 Å². The SMILES string of the molecule is CCCc1cc[n+](CCCS(=O)(=O)O)cc1. The third-order valence-electron chi connectivity index (χ3n) is 2.32. The van der Waals surface area contributed by atoms with E-state index < -0.39 is 10.1 Å². The first-order valence-electron chi connectivity index (χ1n) is 5.44. The van der Waals surface area contributed by atoms with Gasteiger partial charge in [-0.05, 0) is 12.0 Å². The minimum Gasteiger partial charge on any atom is -0.286 e. The van der Waals surface area contributed by atoms with E-state index in [-0.39, 0.29) is 5.75 Å². The van der Waals surface area contributed by atoms with Gasteiger partial charge in [-0.2, -0.15) is 8.42 Å². The summed E-state index contributed by atoms with van der Waals surface area (Å²) in [7, 11) is -3.82. The molecule has 1 rings (SSSR count). The number of nitrogens with zero attached hydrogens (tertiary/aromatic N) is 1. The topological polar surface area (TPSA) is 58.2 Å².